The number of nitrogens with zero attached hydrogens (tertiary/aromatic N) is 2. The second-order valence-electron chi connectivity index (χ2n) is 7.38. The number of aliphatic hydroxyl groups is 1. The quantitative estimate of drug-likeness (QED) is 0.390. The Bertz CT molecular complexity index is 1340. The van der Waals surface area contributed by atoms with Gasteiger partial charge in [0.25, 0.3) is 11.8 Å². The van der Waals surface area contributed by atoms with Gasteiger partial charge in [-0.3, -0.25) is 9.59 Å². The maximum Gasteiger partial charge on any atom is 0.307 e. The fraction of sp³-hybridized carbons (Fsp3) is 0.217. The monoisotopic (exact) mass is 486 g/mol. The Morgan fingerprint density at radius 3 is 2.47 bits per heavy atom. The number of hydrogen-bond acceptors (Lipinski definition) is 6. The van der Waals surface area contributed by atoms with Crippen LogP contribution in [0.25, 0.3) is 17.0 Å². The number of nitrogens with one attached hydrogen (secondary N) is 2. The molecule has 0 aliphatic carbocycles. The number of amides is 2. The van der Waals surface area contributed by atoms with Crippen molar-refractivity contribution in [3.05, 3.63) is 71.6 Å². The predicted molar refractivity (Wildman–Crippen MR) is 128 cm³/mol. The van der Waals surface area contributed by atoms with Crippen molar-refractivity contribution in [1.82, 2.24) is 18.9 Å². The first kappa shape index (κ1) is 25.0. The summed E-state index contributed by atoms with van der Waals surface area (Å²) in [6.07, 6.45) is 2.78. The van der Waals surface area contributed by atoms with Crippen LogP contribution in [0.3, 0.4) is 0 Å². The summed E-state index contributed by atoms with van der Waals surface area (Å²) in [6, 6.07) is 13.3. The highest BCUT2D eigenvalue weighted by Crippen LogP contribution is 2.26. The number of benzene rings is 2. The molecule has 2 aromatic carbocycles. The number of hydrogen-bond donors (Lipinski definition) is 3. The molecular weight excluding hydrogens is 460 g/mol. The van der Waals surface area contributed by atoms with E-state index in [1.54, 1.807) is 48.5 Å². The Hall–Kier alpha value is -3.67. The van der Waals surface area contributed by atoms with E-state index in [-0.39, 0.29) is 24.4 Å². The number of aromatic nitrogens is 1. The third-order valence-corrected chi connectivity index (χ3v) is 6.68. The van der Waals surface area contributed by atoms with Crippen molar-refractivity contribution in [2.75, 3.05) is 34.4 Å². The molecule has 0 unspecified atom stereocenters. The van der Waals surface area contributed by atoms with Gasteiger partial charge in [-0.1, -0.05) is 30.3 Å². The first-order valence-electron chi connectivity index (χ1n) is 10.3. The minimum absolute atomic E-state index is 0.0303. The minimum Gasteiger partial charge on any atom is -0.496 e. The van der Waals surface area contributed by atoms with Crippen LogP contribution in [0.4, 0.5) is 0 Å². The van der Waals surface area contributed by atoms with Crippen molar-refractivity contribution in [3.8, 4) is 5.75 Å². The zero-order chi connectivity index (χ0) is 24.9. The number of ether oxygens (including phenoxy) is 1. The van der Waals surface area contributed by atoms with Crippen LogP contribution in [0.1, 0.15) is 15.9 Å². The van der Waals surface area contributed by atoms with Crippen LogP contribution in [0.2, 0.25) is 0 Å². The lowest BCUT2D eigenvalue weighted by Crippen LogP contribution is -2.36. The van der Waals surface area contributed by atoms with Crippen LogP contribution in [0, 0.1) is 0 Å². The summed E-state index contributed by atoms with van der Waals surface area (Å²) < 4.78 is 33.1. The molecule has 3 aromatic rings. The number of fused-ring (bicyclic) bond motifs is 1. The van der Waals surface area contributed by atoms with E-state index >= 15 is 0 Å². The fourth-order valence-corrected chi connectivity index (χ4v) is 4.26. The van der Waals surface area contributed by atoms with Crippen LogP contribution < -0.4 is 15.4 Å². The van der Waals surface area contributed by atoms with Crippen molar-refractivity contribution < 1.29 is 27.9 Å². The van der Waals surface area contributed by atoms with Crippen LogP contribution in [-0.4, -0.2) is 68.0 Å². The normalized spacial score (nSPS) is 12.1. The van der Waals surface area contributed by atoms with Crippen LogP contribution in [-0.2, 0) is 15.0 Å². The third-order valence-electron chi connectivity index (χ3n) is 4.96. The molecule has 34 heavy (non-hydrogen) atoms. The molecule has 11 heteroatoms. The lowest BCUT2D eigenvalue weighted by Gasteiger charge is -2.13. The zero-order valence-corrected chi connectivity index (χ0v) is 19.8. The minimum atomic E-state index is -3.84. The van der Waals surface area contributed by atoms with Gasteiger partial charge in [0.2, 0.25) is 0 Å². The third kappa shape index (κ3) is 5.11. The summed E-state index contributed by atoms with van der Waals surface area (Å²) in [7, 11) is 0.418. The van der Waals surface area contributed by atoms with E-state index in [1.165, 1.54) is 33.5 Å². The largest absolute Gasteiger partial charge is 0.496 e. The Kier molecular flexibility index (Phi) is 7.72. The highest BCUT2D eigenvalue weighted by molar-refractivity contribution is 7.87. The Morgan fingerprint density at radius 1 is 1.12 bits per heavy atom. The van der Waals surface area contributed by atoms with E-state index in [2.05, 4.69) is 10.6 Å². The molecule has 0 radical (unpaired) electrons. The predicted octanol–water partition coefficient (Wildman–Crippen LogP) is 1.18. The SMILES string of the molecule is COc1ccccc1C(=O)N/C(=C\c1cn(S(=O)(=O)N(C)C)c2ccccc12)C(=O)NCCO. The molecule has 0 aliphatic heterocycles. The smallest absolute Gasteiger partial charge is 0.307 e. The van der Waals surface area contributed by atoms with E-state index in [0.717, 1.165) is 8.28 Å². The van der Waals surface area contributed by atoms with E-state index in [9.17, 15) is 18.0 Å². The van der Waals surface area contributed by atoms with Crippen LogP contribution in [0.15, 0.2) is 60.4 Å². The van der Waals surface area contributed by atoms with Crippen LogP contribution >= 0.6 is 0 Å². The van der Waals surface area contributed by atoms with Crippen molar-refractivity contribution in [3.63, 3.8) is 0 Å². The molecule has 180 valence electrons. The molecule has 1 aromatic heterocycles. The maximum absolute atomic E-state index is 13.0. The second-order valence-corrected chi connectivity index (χ2v) is 9.40. The van der Waals surface area contributed by atoms with Gasteiger partial charge in [0, 0.05) is 37.8 Å². The van der Waals surface area contributed by atoms with Gasteiger partial charge in [0.15, 0.2) is 0 Å². The standard InChI is InChI=1S/C23H26N4O6S/c1-26(2)34(31,32)27-15-16(17-8-4-6-10-20(17)27)14-19(23(30)24-12-13-28)25-22(29)18-9-5-7-11-21(18)33-3/h4-11,14-15,28H,12-13H2,1-3H3,(H,24,30)(H,25,29)/b19-14-. The average Bonchev–Trinajstić information content (AvgIpc) is 3.21. The number of rotatable bonds is 9. The van der Waals surface area contributed by atoms with Crippen LogP contribution in [0.5, 0.6) is 5.75 Å². The van der Waals surface area contributed by atoms with Gasteiger partial charge in [0.05, 0.1) is 24.8 Å². The summed E-state index contributed by atoms with van der Waals surface area (Å²) >= 11 is 0. The summed E-state index contributed by atoms with van der Waals surface area (Å²) in [5.74, 6) is -0.916. The molecule has 0 fully saturated rings. The molecule has 0 spiro atoms. The molecule has 0 aliphatic rings. The number of carbonyl (C=O) groups excluding carboxylic acids is 2. The second kappa shape index (κ2) is 10.5. The molecule has 2 amide bonds. The fourth-order valence-electron chi connectivity index (χ4n) is 3.26. The van der Waals surface area contributed by atoms with Crippen molar-refractivity contribution in [2.24, 2.45) is 0 Å². The summed E-state index contributed by atoms with van der Waals surface area (Å²) in [6.45, 7) is -0.322. The van der Waals surface area contributed by atoms with E-state index in [1.807, 2.05) is 0 Å². The van der Waals surface area contributed by atoms with Gasteiger partial charge in [-0.25, -0.2) is 3.97 Å². The highest BCUT2D eigenvalue weighted by Gasteiger charge is 2.22. The number of aliphatic hydroxyl groups excluding tert-OH is 1. The zero-order valence-electron chi connectivity index (χ0n) is 19.0. The molecule has 1 heterocycles. The average molecular weight is 487 g/mol. The van der Waals surface area contributed by atoms with E-state index < -0.39 is 22.0 Å². The maximum atomic E-state index is 13.0. The van der Waals surface area contributed by atoms with E-state index in [4.69, 9.17) is 9.84 Å². The van der Waals surface area contributed by atoms with Gasteiger partial charge in [-0.2, -0.15) is 12.7 Å². The first-order valence-corrected chi connectivity index (χ1v) is 11.7. The van der Waals surface area contributed by atoms with Gasteiger partial charge in [-0.15, -0.1) is 0 Å². The van der Waals surface area contributed by atoms with Crippen molar-refractivity contribution in [2.45, 2.75) is 0 Å². The molecular formula is C23H26N4O6S. The molecule has 0 atom stereocenters. The molecule has 0 bridgehead atoms. The lowest BCUT2D eigenvalue weighted by molar-refractivity contribution is -0.117. The molecule has 3 N–H and O–H groups in total. The summed E-state index contributed by atoms with van der Waals surface area (Å²) in [5, 5.41) is 14.7. The summed E-state index contributed by atoms with van der Waals surface area (Å²) in [5.41, 5.74) is 0.891. The van der Waals surface area contributed by atoms with Crippen molar-refractivity contribution in [1.29, 1.82) is 0 Å². The number of methoxy groups -OCH3 is 1. The van der Waals surface area contributed by atoms with Gasteiger partial charge < -0.3 is 20.5 Å². The van der Waals surface area contributed by atoms with E-state index in [0.29, 0.717) is 22.2 Å². The van der Waals surface area contributed by atoms with Gasteiger partial charge >= 0.3 is 10.2 Å². The molecule has 0 saturated carbocycles. The number of carbonyl (C=O) groups is 2. The van der Waals surface area contributed by atoms with Crippen molar-refractivity contribution >= 4 is 39.0 Å². The topological polar surface area (TPSA) is 130 Å². The molecule has 10 nitrogen and oxygen atoms in total. The molecule has 0 saturated heterocycles. The van der Waals surface area contributed by atoms with Gasteiger partial charge in [-0.05, 0) is 24.3 Å². The Morgan fingerprint density at radius 2 is 1.79 bits per heavy atom. The lowest BCUT2D eigenvalue weighted by atomic mass is 10.1. The van der Waals surface area contributed by atoms with Gasteiger partial charge in [0.1, 0.15) is 11.4 Å². The summed E-state index contributed by atoms with van der Waals surface area (Å²) in [4.78, 5) is 25.8. The molecule has 3 rings (SSSR count). The highest BCUT2D eigenvalue weighted by atomic mass is 32.2. The Labute approximate surface area is 197 Å². The Balaban J connectivity index is 2.12. The number of para-hydroxylation sites is 2. The first-order chi connectivity index (χ1) is 16.2.